The first-order valence-electron chi connectivity index (χ1n) is 7.34. The minimum absolute atomic E-state index is 0.162. The second-order valence-electron chi connectivity index (χ2n) is 5.77. The molecule has 1 aliphatic heterocycles. The van der Waals surface area contributed by atoms with E-state index < -0.39 is 0 Å². The number of carbonyl (C=O) groups excluding carboxylic acids is 1. The van der Waals surface area contributed by atoms with Crippen molar-refractivity contribution in [2.24, 2.45) is 0 Å². The summed E-state index contributed by atoms with van der Waals surface area (Å²) >= 11 is 0. The number of nitrogens with one attached hydrogen (secondary N) is 1. The number of rotatable bonds is 4. The van der Waals surface area contributed by atoms with Gasteiger partial charge < -0.3 is 14.7 Å². The minimum Gasteiger partial charge on any atom is -0.339 e. The van der Waals surface area contributed by atoms with Gasteiger partial charge in [-0.15, -0.1) is 0 Å². The third-order valence-corrected chi connectivity index (χ3v) is 3.91. The van der Waals surface area contributed by atoms with Gasteiger partial charge in [0.25, 0.3) is 0 Å². The molecule has 2 rings (SSSR count). The van der Waals surface area contributed by atoms with E-state index in [1.54, 1.807) is 0 Å². The summed E-state index contributed by atoms with van der Waals surface area (Å²) in [5.74, 6) is 1.67. The second kappa shape index (κ2) is 6.35. The molecule has 1 N–H and O–H groups in total. The average Bonchev–Trinajstić information content (AvgIpc) is 2.88. The van der Waals surface area contributed by atoms with Crippen LogP contribution in [0.4, 0.5) is 0 Å². The second-order valence-corrected chi connectivity index (χ2v) is 5.77. The van der Waals surface area contributed by atoms with E-state index >= 15 is 0 Å². The van der Waals surface area contributed by atoms with Crippen LogP contribution in [0.2, 0.25) is 0 Å². The van der Waals surface area contributed by atoms with E-state index in [1.165, 1.54) is 0 Å². The third-order valence-electron chi connectivity index (χ3n) is 3.91. The number of piperazine rings is 1. The molecule has 2 heterocycles. The molecule has 2 atom stereocenters. The molecule has 0 aromatic carbocycles. The third kappa shape index (κ3) is 3.36. The Labute approximate surface area is 119 Å². The van der Waals surface area contributed by atoms with Crippen LogP contribution in [0, 0.1) is 0 Å². The quantitative estimate of drug-likeness (QED) is 0.901. The molecule has 0 saturated carbocycles. The molecule has 20 heavy (non-hydrogen) atoms. The first-order chi connectivity index (χ1) is 9.49. The lowest BCUT2D eigenvalue weighted by Crippen LogP contribution is -2.57. The predicted molar refractivity (Wildman–Crippen MR) is 75.3 cm³/mol. The first kappa shape index (κ1) is 15.0. The fourth-order valence-electron chi connectivity index (χ4n) is 2.37. The summed E-state index contributed by atoms with van der Waals surface area (Å²) in [6.45, 7) is 9.85. The fourth-order valence-corrected chi connectivity index (χ4v) is 2.37. The van der Waals surface area contributed by atoms with Crippen LogP contribution in [0.5, 0.6) is 0 Å². The Hall–Kier alpha value is -1.43. The number of aromatic nitrogens is 2. The van der Waals surface area contributed by atoms with Gasteiger partial charge in [-0.25, -0.2) is 0 Å². The van der Waals surface area contributed by atoms with Crippen molar-refractivity contribution in [2.75, 3.05) is 13.1 Å². The number of carbonyl (C=O) groups is 1. The van der Waals surface area contributed by atoms with Gasteiger partial charge in [0.15, 0.2) is 5.82 Å². The van der Waals surface area contributed by atoms with Gasteiger partial charge in [0.05, 0.1) is 0 Å². The van der Waals surface area contributed by atoms with Crippen molar-refractivity contribution in [3.63, 3.8) is 0 Å². The topological polar surface area (TPSA) is 71.3 Å². The van der Waals surface area contributed by atoms with Gasteiger partial charge in [0.1, 0.15) is 0 Å². The molecule has 0 spiro atoms. The van der Waals surface area contributed by atoms with E-state index in [9.17, 15) is 4.79 Å². The fraction of sp³-hybridized carbons (Fsp3) is 0.786. The maximum absolute atomic E-state index is 12.3. The molecule has 1 amide bonds. The molecule has 1 aromatic heterocycles. The van der Waals surface area contributed by atoms with Crippen molar-refractivity contribution in [2.45, 2.75) is 58.5 Å². The van der Waals surface area contributed by atoms with E-state index in [0.29, 0.717) is 30.6 Å². The van der Waals surface area contributed by atoms with E-state index in [4.69, 9.17) is 4.52 Å². The number of amides is 1. The number of hydrogen-bond acceptors (Lipinski definition) is 5. The normalized spacial score (nSPS) is 23.4. The molecule has 1 aliphatic rings. The highest BCUT2D eigenvalue weighted by molar-refractivity contribution is 5.76. The van der Waals surface area contributed by atoms with E-state index in [2.05, 4.69) is 29.3 Å². The van der Waals surface area contributed by atoms with Crippen molar-refractivity contribution >= 4 is 5.91 Å². The summed E-state index contributed by atoms with van der Waals surface area (Å²) < 4.78 is 5.17. The van der Waals surface area contributed by atoms with Crippen molar-refractivity contribution in [1.29, 1.82) is 0 Å². The van der Waals surface area contributed by atoms with Gasteiger partial charge in [-0.1, -0.05) is 19.0 Å². The summed E-state index contributed by atoms with van der Waals surface area (Å²) in [4.78, 5) is 18.5. The predicted octanol–water partition coefficient (Wildman–Crippen LogP) is 1.33. The average molecular weight is 280 g/mol. The van der Waals surface area contributed by atoms with Crippen LogP contribution in [0.15, 0.2) is 4.52 Å². The lowest BCUT2D eigenvalue weighted by atomic mass is 10.1. The van der Waals surface area contributed by atoms with Crippen LogP contribution >= 0.6 is 0 Å². The molecule has 0 bridgehead atoms. The SMILES string of the molecule is CC(C)c1noc(CCC(=O)N2CCNC(C)C2C)n1. The summed E-state index contributed by atoms with van der Waals surface area (Å²) in [6.07, 6.45) is 0.945. The zero-order chi connectivity index (χ0) is 14.7. The van der Waals surface area contributed by atoms with E-state index in [0.717, 1.165) is 13.1 Å². The molecule has 6 nitrogen and oxygen atoms in total. The highest BCUT2D eigenvalue weighted by atomic mass is 16.5. The lowest BCUT2D eigenvalue weighted by Gasteiger charge is -2.38. The minimum atomic E-state index is 0.162. The number of hydrogen-bond donors (Lipinski definition) is 1. The van der Waals surface area contributed by atoms with Crippen LogP contribution in [0.25, 0.3) is 0 Å². The van der Waals surface area contributed by atoms with Crippen LogP contribution < -0.4 is 5.32 Å². The smallest absolute Gasteiger partial charge is 0.227 e. The van der Waals surface area contributed by atoms with E-state index in [1.807, 2.05) is 18.7 Å². The summed E-state index contributed by atoms with van der Waals surface area (Å²) in [6, 6.07) is 0.564. The molecular formula is C14H24N4O2. The maximum atomic E-state index is 12.3. The van der Waals surface area contributed by atoms with Gasteiger partial charge in [-0.2, -0.15) is 4.98 Å². The summed E-state index contributed by atoms with van der Waals surface area (Å²) in [5.41, 5.74) is 0. The monoisotopic (exact) mass is 280 g/mol. The Kier molecular flexibility index (Phi) is 4.75. The largest absolute Gasteiger partial charge is 0.339 e. The van der Waals surface area contributed by atoms with Crippen molar-refractivity contribution in [1.82, 2.24) is 20.4 Å². The van der Waals surface area contributed by atoms with Gasteiger partial charge >= 0.3 is 0 Å². The van der Waals surface area contributed by atoms with Gasteiger partial charge in [0.2, 0.25) is 11.8 Å². The Morgan fingerprint density at radius 1 is 1.50 bits per heavy atom. The highest BCUT2D eigenvalue weighted by Crippen LogP contribution is 2.13. The van der Waals surface area contributed by atoms with Crippen LogP contribution in [-0.4, -0.2) is 46.1 Å². The molecule has 1 aromatic rings. The number of aryl methyl sites for hydroxylation is 1. The molecule has 0 aliphatic carbocycles. The zero-order valence-electron chi connectivity index (χ0n) is 12.7. The van der Waals surface area contributed by atoms with Gasteiger partial charge in [-0.05, 0) is 13.8 Å². The molecule has 112 valence electrons. The highest BCUT2D eigenvalue weighted by Gasteiger charge is 2.27. The van der Waals surface area contributed by atoms with Crippen molar-refractivity contribution in [3.05, 3.63) is 11.7 Å². The van der Waals surface area contributed by atoms with Crippen LogP contribution in [0.3, 0.4) is 0 Å². The molecule has 1 saturated heterocycles. The Balaban J connectivity index is 1.88. The Bertz CT molecular complexity index is 458. The molecule has 0 radical (unpaired) electrons. The molecule has 2 unspecified atom stereocenters. The summed E-state index contributed by atoms with van der Waals surface area (Å²) in [5, 5.41) is 7.28. The Morgan fingerprint density at radius 3 is 2.90 bits per heavy atom. The maximum Gasteiger partial charge on any atom is 0.227 e. The van der Waals surface area contributed by atoms with Crippen LogP contribution in [0.1, 0.15) is 51.7 Å². The molecule has 1 fully saturated rings. The summed E-state index contributed by atoms with van der Waals surface area (Å²) in [7, 11) is 0. The van der Waals surface area contributed by atoms with Crippen LogP contribution in [-0.2, 0) is 11.2 Å². The van der Waals surface area contributed by atoms with Crippen molar-refractivity contribution < 1.29 is 9.32 Å². The van der Waals surface area contributed by atoms with Gasteiger partial charge in [-0.3, -0.25) is 4.79 Å². The number of nitrogens with zero attached hydrogens (tertiary/aromatic N) is 3. The lowest BCUT2D eigenvalue weighted by molar-refractivity contribution is -0.134. The van der Waals surface area contributed by atoms with E-state index in [-0.39, 0.29) is 17.9 Å². The van der Waals surface area contributed by atoms with Crippen molar-refractivity contribution in [3.8, 4) is 0 Å². The molecular weight excluding hydrogens is 256 g/mol. The van der Waals surface area contributed by atoms with Gasteiger partial charge in [0, 0.05) is 43.9 Å². The standard InChI is InChI=1S/C14H24N4O2/c1-9(2)14-16-12(20-17-14)5-6-13(19)18-8-7-15-10(3)11(18)4/h9-11,15H,5-8H2,1-4H3. The Morgan fingerprint density at radius 2 is 2.25 bits per heavy atom. The molecule has 6 heteroatoms. The first-order valence-corrected chi connectivity index (χ1v) is 7.34. The zero-order valence-corrected chi connectivity index (χ0v) is 12.7.